The van der Waals surface area contributed by atoms with Crippen molar-refractivity contribution >= 4 is 17.3 Å². The fourth-order valence-electron chi connectivity index (χ4n) is 3.44. The van der Waals surface area contributed by atoms with E-state index in [4.69, 9.17) is 0 Å². The zero-order chi connectivity index (χ0) is 25.0. The van der Waals surface area contributed by atoms with Crippen molar-refractivity contribution in [3.8, 4) is 11.8 Å². The summed E-state index contributed by atoms with van der Waals surface area (Å²) >= 11 is 0. The Morgan fingerprint density at radius 3 is 2.66 bits per heavy atom. The van der Waals surface area contributed by atoms with Crippen molar-refractivity contribution in [2.24, 2.45) is 0 Å². The molecule has 35 heavy (non-hydrogen) atoms. The van der Waals surface area contributed by atoms with Crippen LogP contribution in [0.2, 0.25) is 0 Å². The third kappa shape index (κ3) is 5.68. The maximum absolute atomic E-state index is 12.5. The molecule has 0 aliphatic carbocycles. The molecule has 0 saturated carbocycles. The topological polar surface area (TPSA) is 121 Å². The number of nitrogens with zero attached hydrogens (tertiary/aromatic N) is 6. The van der Waals surface area contributed by atoms with Gasteiger partial charge in [-0.25, -0.2) is 4.68 Å². The SMILES string of the molecule is Cc1ncc(Nc2cc(C#N)cc(C(C)(C)C)c2)cc1-n1cc(C(=O)NCc2ccccn2)nn1. The highest BCUT2D eigenvalue weighted by Gasteiger charge is 2.17. The Morgan fingerprint density at radius 2 is 1.94 bits per heavy atom. The van der Waals surface area contributed by atoms with Gasteiger partial charge in [0.25, 0.3) is 5.91 Å². The first-order valence-corrected chi connectivity index (χ1v) is 11.1. The lowest BCUT2D eigenvalue weighted by Crippen LogP contribution is -2.23. The van der Waals surface area contributed by atoms with Gasteiger partial charge in [-0.2, -0.15) is 5.26 Å². The molecule has 0 bridgehead atoms. The van der Waals surface area contributed by atoms with Gasteiger partial charge in [0.2, 0.25) is 0 Å². The number of hydrogen-bond acceptors (Lipinski definition) is 7. The minimum atomic E-state index is -0.343. The number of nitrogens with one attached hydrogen (secondary N) is 2. The van der Waals surface area contributed by atoms with Crippen LogP contribution in [0.3, 0.4) is 0 Å². The molecule has 4 aromatic rings. The number of carbonyl (C=O) groups is 1. The average molecular weight is 467 g/mol. The molecule has 0 fully saturated rings. The van der Waals surface area contributed by atoms with E-state index in [0.717, 1.165) is 28.3 Å². The van der Waals surface area contributed by atoms with Gasteiger partial charge in [0.15, 0.2) is 5.69 Å². The molecule has 0 spiro atoms. The molecule has 4 rings (SSSR count). The van der Waals surface area contributed by atoms with Crippen LogP contribution in [0, 0.1) is 18.3 Å². The first-order valence-electron chi connectivity index (χ1n) is 11.1. The maximum atomic E-state index is 12.5. The van der Waals surface area contributed by atoms with Crippen molar-refractivity contribution in [2.75, 3.05) is 5.32 Å². The monoisotopic (exact) mass is 466 g/mol. The second kappa shape index (κ2) is 9.73. The summed E-state index contributed by atoms with van der Waals surface area (Å²) in [5.74, 6) is -0.343. The number of aromatic nitrogens is 5. The molecule has 0 aliphatic rings. The summed E-state index contributed by atoms with van der Waals surface area (Å²) in [6, 6.07) is 15.4. The van der Waals surface area contributed by atoms with E-state index < -0.39 is 0 Å². The second-order valence-corrected chi connectivity index (χ2v) is 9.17. The van der Waals surface area contributed by atoms with Gasteiger partial charge in [-0.3, -0.25) is 14.8 Å². The summed E-state index contributed by atoms with van der Waals surface area (Å²) in [6.45, 7) is 8.47. The van der Waals surface area contributed by atoms with Crippen molar-refractivity contribution < 1.29 is 4.79 Å². The van der Waals surface area contributed by atoms with Gasteiger partial charge in [0, 0.05) is 11.9 Å². The quantitative estimate of drug-likeness (QED) is 0.436. The number of nitriles is 1. The number of amides is 1. The molecule has 0 atom stereocenters. The van der Waals surface area contributed by atoms with Crippen LogP contribution >= 0.6 is 0 Å². The first-order chi connectivity index (χ1) is 16.7. The van der Waals surface area contributed by atoms with E-state index in [1.807, 2.05) is 43.3 Å². The zero-order valence-electron chi connectivity index (χ0n) is 20.1. The highest BCUT2D eigenvalue weighted by atomic mass is 16.2. The fourth-order valence-corrected chi connectivity index (χ4v) is 3.44. The van der Waals surface area contributed by atoms with Gasteiger partial charge in [-0.1, -0.05) is 32.1 Å². The van der Waals surface area contributed by atoms with E-state index in [9.17, 15) is 10.1 Å². The summed E-state index contributed by atoms with van der Waals surface area (Å²) in [4.78, 5) is 21.2. The highest BCUT2D eigenvalue weighted by molar-refractivity contribution is 5.91. The van der Waals surface area contributed by atoms with E-state index in [2.05, 4.69) is 57.8 Å². The number of pyridine rings is 2. The van der Waals surface area contributed by atoms with E-state index in [1.165, 1.54) is 4.68 Å². The van der Waals surface area contributed by atoms with E-state index in [-0.39, 0.29) is 17.0 Å². The molecule has 176 valence electrons. The van der Waals surface area contributed by atoms with Crippen molar-refractivity contribution in [3.63, 3.8) is 0 Å². The van der Waals surface area contributed by atoms with Crippen LogP contribution in [-0.4, -0.2) is 30.9 Å². The fraction of sp³-hybridized carbons (Fsp3) is 0.231. The largest absolute Gasteiger partial charge is 0.354 e. The Labute approximate surface area is 203 Å². The van der Waals surface area contributed by atoms with Gasteiger partial charge >= 0.3 is 0 Å². The average Bonchev–Trinajstić information content (AvgIpc) is 3.34. The smallest absolute Gasteiger partial charge is 0.273 e. The third-order valence-corrected chi connectivity index (χ3v) is 5.41. The summed E-state index contributed by atoms with van der Waals surface area (Å²) in [6.07, 6.45) is 4.96. The normalized spacial score (nSPS) is 11.1. The first kappa shape index (κ1) is 23.6. The predicted molar refractivity (Wildman–Crippen MR) is 132 cm³/mol. The molecule has 2 N–H and O–H groups in total. The molecular weight excluding hydrogens is 440 g/mol. The van der Waals surface area contributed by atoms with Gasteiger partial charge in [0.1, 0.15) is 0 Å². The minimum Gasteiger partial charge on any atom is -0.354 e. The molecule has 0 aliphatic heterocycles. The standard InChI is InChI=1S/C26H26N8O/c1-17-24(34-16-23(32-33-34)25(35)30-14-20-7-5-6-8-28-20)12-22(15-29-17)31-21-10-18(13-27)9-19(11-21)26(2,3)4/h5-12,15-16,31H,14H2,1-4H3,(H,30,35). The Hall–Kier alpha value is -4.58. The summed E-state index contributed by atoms with van der Waals surface area (Å²) in [7, 11) is 0. The van der Waals surface area contributed by atoms with Gasteiger partial charge in [-0.05, 0) is 54.3 Å². The van der Waals surface area contributed by atoms with Crippen LogP contribution in [0.15, 0.2) is 61.1 Å². The molecular formula is C26H26N8O. The summed E-state index contributed by atoms with van der Waals surface area (Å²) in [5.41, 5.74) is 5.39. The van der Waals surface area contributed by atoms with Gasteiger partial charge in [-0.15, -0.1) is 5.10 Å². The van der Waals surface area contributed by atoms with Gasteiger partial charge in [0.05, 0.1) is 53.3 Å². The number of anilines is 2. The second-order valence-electron chi connectivity index (χ2n) is 9.17. The zero-order valence-corrected chi connectivity index (χ0v) is 20.1. The van der Waals surface area contributed by atoms with Crippen LogP contribution < -0.4 is 10.6 Å². The Bertz CT molecular complexity index is 1400. The molecule has 3 heterocycles. The molecule has 9 heteroatoms. The number of hydrogen-bond donors (Lipinski definition) is 2. The van der Waals surface area contributed by atoms with Crippen molar-refractivity contribution in [3.05, 3.63) is 89.3 Å². The number of rotatable bonds is 6. The van der Waals surface area contributed by atoms with Crippen molar-refractivity contribution in [1.29, 1.82) is 5.26 Å². The Morgan fingerprint density at radius 1 is 1.11 bits per heavy atom. The van der Waals surface area contributed by atoms with Crippen LogP contribution in [0.5, 0.6) is 0 Å². The molecule has 1 aromatic carbocycles. The Balaban J connectivity index is 1.54. The maximum Gasteiger partial charge on any atom is 0.273 e. The summed E-state index contributed by atoms with van der Waals surface area (Å²) in [5, 5.41) is 23.7. The molecule has 0 radical (unpaired) electrons. The van der Waals surface area contributed by atoms with E-state index in [0.29, 0.717) is 17.8 Å². The molecule has 9 nitrogen and oxygen atoms in total. The van der Waals surface area contributed by atoms with Crippen molar-refractivity contribution in [1.82, 2.24) is 30.3 Å². The molecule has 3 aromatic heterocycles. The molecule has 0 unspecified atom stereocenters. The predicted octanol–water partition coefficient (Wildman–Crippen LogP) is 4.21. The van der Waals surface area contributed by atoms with Crippen molar-refractivity contribution in [2.45, 2.75) is 39.7 Å². The van der Waals surface area contributed by atoms with Crippen LogP contribution in [0.4, 0.5) is 11.4 Å². The lowest BCUT2D eigenvalue weighted by atomic mass is 9.86. The van der Waals surface area contributed by atoms with Crippen LogP contribution in [-0.2, 0) is 12.0 Å². The third-order valence-electron chi connectivity index (χ3n) is 5.41. The lowest BCUT2D eigenvalue weighted by molar-refractivity contribution is 0.0945. The van der Waals surface area contributed by atoms with E-state index >= 15 is 0 Å². The molecule has 1 amide bonds. The molecule has 0 saturated heterocycles. The van der Waals surface area contributed by atoms with Crippen LogP contribution in [0.25, 0.3) is 5.69 Å². The summed E-state index contributed by atoms with van der Waals surface area (Å²) < 4.78 is 1.52. The number of carbonyl (C=O) groups excluding carboxylic acids is 1. The van der Waals surface area contributed by atoms with Gasteiger partial charge < -0.3 is 10.6 Å². The number of aryl methyl sites for hydroxylation is 1. The lowest BCUT2D eigenvalue weighted by Gasteiger charge is -2.21. The van der Waals surface area contributed by atoms with Crippen LogP contribution in [0.1, 0.15) is 53.8 Å². The minimum absolute atomic E-state index is 0.103. The van der Waals surface area contributed by atoms with E-state index in [1.54, 1.807) is 24.7 Å². The Kier molecular flexibility index (Phi) is 6.55. The highest BCUT2D eigenvalue weighted by Crippen LogP contribution is 2.28. The number of benzene rings is 1.